The van der Waals surface area contributed by atoms with E-state index in [9.17, 15) is 0 Å². The van der Waals surface area contributed by atoms with Crippen molar-refractivity contribution in [2.45, 2.75) is 58.2 Å². The Hall–Kier alpha value is -1.60. The van der Waals surface area contributed by atoms with E-state index in [0.29, 0.717) is 28.1 Å². The Kier molecular flexibility index (Phi) is 7.22. The maximum Gasteiger partial charge on any atom is 0.176 e. The van der Waals surface area contributed by atoms with Gasteiger partial charge in [0.05, 0.1) is 26.9 Å². The average molecular weight is 349 g/mol. The van der Waals surface area contributed by atoms with E-state index >= 15 is 0 Å². The normalized spacial score (nSPS) is 11.5. The Balaban J connectivity index is 3.56. The molecule has 0 atom stereocenters. The molecule has 1 aromatic carbocycles. The van der Waals surface area contributed by atoms with Crippen molar-refractivity contribution in [2.75, 3.05) is 21.3 Å². The molecule has 0 saturated heterocycles. The third-order valence-corrected chi connectivity index (χ3v) is 11.3. The molecule has 4 heteroatoms. The van der Waals surface area contributed by atoms with Crippen LogP contribution in [-0.2, 0) is 0 Å². The molecule has 0 radical (unpaired) electrons. The largest absolute Gasteiger partial charge is 0.497 e. The fourth-order valence-corrected chi connectivity index (χ4v) is 8.98. The molecule has 24 heavy (non-hydrogen) atoms. The van der Waals surface area contributed by atoms with Crippen LogP contribution in [0.15, 0.2) is 12.1 Å². The molecule has 0 fully saturated rings. The second-order valence-corrected chi connectivity index (χ2v) is 12.6. The molecular weight excluding hydrogens is 316 g/mol. The Labute approximate surface area is 148 Å². The van der Waals surface area contributed by atoms with Gasteiger partial charge < -0.3 is 14.2 Å². The molecule has 0 aliphatic carbocycles. The smallest absolute Gasteiger partial charge is 0.176 e. The van der Waals surface area contributed by atoms with E-state index in [-0.39, 0.29) is 0 Å². The molecule has 0 spiro atoms. The highest BCUT2D eigenvalue weighted by Gasteiger charge is 2.41. The first-order valence-corrected chi connectivity index (χ1v) is 10.8. The second kappa shape index (κ2) is 8.48. The summed E-state index contributed by atoms with van der Waals surface area (Å²) < 4.78 is 16.4. The Morgan fingerprint density at radius 1 is 0.792 bits per heavy atom. The summed E-state index contributed by atoms with van der Waals surface area (Å²) in [4.78, 5) is 0. The van der Waals surface area contributed by atoms with Crippen molar-refractivity contribution >= 4 is 8.07 Å². The highest BCUT2D eigenvalue weighted by Crippen LogP contribution is 2.41. The van der Waals surface area contributed by atoms with Gasteiger partial charge in [0, 0.05) is 6.07 Å². The topological polar surface area (TPSA) is 27.7 Å². The van der Waals surface area contributed by atoms with E-state index in [0.717, 1.165) is 11.3 Å². The lowest BCUT2D eigenvalue weighted by molar-refractivity contribution is 0.348. The SMILES string of the molecule is COc1cc(C#C[Si](C(C)C)(C(C)C)C(C)C)c(OC)c(OC)c1. The van der Waals surface area contributed by atoms with Gasteiger partial charge in [0.25, 0.3) is 0 Å². The highest BCUT2D eigenvalue weighted by atomic mass is 28.3. The predicted octanol–water partition coefficient (Wildman–Crippen LogP) is 5.28. The number of rotatable bonds is 6. The molecule has 0 unspecified atom stereocenters. The zero-order chi connectivity index (χ0) is 18.5. The van der Waals surface area contributed by atoms with Crippen LogP contribution in [0.1, 0.15) is 47.1 Å². The molecule has 0 aromatic heterocycles. The van der Waals surface area contributed by atoms with Gasteiger partial charge in [0.1, 0.15) is 13.8 Å². The van der Waals surface area contributed by atoms with E-state index in [2.05, 4.69) is 53.0 Å². The van der Waals surface area contributed by atoms with Crippen LogP contribution in [0.2, 0.25) is 16.6 Å². The van der Waals surface area contributed by atoms with Gasteiger partial charge in [-0.3, -0.25) is 0 Å². The second-order valence-electron chi connectivity index (χ2n) is 7.06. The van der Waals surface area contributed by atoms with Gasteiger partial charge in [-0.15, -0.1) is 5.54 Å². The van der Waals surface area contributed by atoms with E-state index in [1.807, 2.05) is 12.1 Å². The molecule has 1 aromatic rings. The minimum atomic E-state index is -1.80. The van der Waals surface area contributed by atoms with Gasteiger partial charge in [0.2, 0.25) is 0 Å². The maximum absolute atomic E-state index is 5.55. The summed E-state index contributed by atoms with van der Waals surface area (Å²) in [6.07, 6.45) is 0. The van der Waals surface area contributed by atoms with Crippen LogP contribution in [0.3, 0.4) is 0 Å². The Bertz CT molecular complexity index is 588. The lowest BCUT2D eigenvalue weighted by atomic mass is 10.2. The lowest BCUT2D eigenvalue weighted by Crippen LogP contribution is -2.43. The standard InChI is InChI=1S/C20H32O3Si/c1-14(2)24(15(3)4,16(5)6)11-10-17-12-18(21-7)13-19(22-8)20(17)23-9/h12-16H,1-9H3. The Morgan fingerprint density at radius 2 is 1.33 bits per heavy atom. The van der Waals surface area contributed by atoms with Gasteiger partial charge in [0.15, 0.2) is 11.5 Å². The Morgan fingerprint density at radius 3 is 1.71 bits per heavy atom. The van der Waals surface area contributed by atoms with Gasteiger partial charge >= 0.3 is 0 Å². The number of ether oxygens (including phenoxy) is 3. The van der Waals surface area contributed by atoms with Crippen molar-refractivity contribution < 1.29 is 14.2 Å². The number of hydrogen-bond acceptors (Lipinski definition) is 3. The summed E-state index contributed by atoms with van der Waals surface area (Å²) in [6.45, 7) is 13.9. The zero-order valence-corrected chi connectivity index (χ0v) is 17.6. The molecule has 1 rings (SSSR count). The van der Waals surface area contributed by atoms with Crippen molar-refractivity contribution in [3.63, 3.8) is 0 Å². The average Bonchev–Trinajstić information content (AvgIpc) is 2.53. The summed E-state index contributed by atoms with van der Waals surface area (Å²) in [5, 5.41) is 0. The minimum Gasteiger partial charge on any atom is -0.497 e. The van der Waals surface area contributed by atoms with Crippen molar-refractivity contribution in [2.24, 2.45) is 0 Å². The highest BCUT2D eigenvalue weighted by molar-refractivity contribution is 6.90. The monoisotopic (exact) mass is 348 g/mol. The summed E-state index contributed by atoms with van der Waals surface area (Å²) >= 11 is 0. The maximum atomic E-state index is 5.55. The van der Waals surface area contributed by atoms with Crippen LogP contribution < -0.4 is 14.2 Å². The molecule has 0 bridgehead atoms. The molecule has 3 nitrogen and oxygen atoms in total. The zero-order valence-electron chi connectivity index (χ0n) is 16.6. The summed E-state index contributed by atoms with van der Waals surface area (Å²) in [7, 11) is 3.12. The first-order chi connectivity index (χ1) is 11.2. The lowest BCUT2D eigenvalue weighted by Gasteiger charge is -2.38. The van der Waals surface area contributed by atoms with Crippen LogP contribution in [0.25, 0.3) is 0 Å². The first kappa shape index (κ1) is 20.4. The number of hydrogen-bond donors (Lipinski definition) is 0. The van der Waals surface area contributed by atoms with E-state index in [4.69, 9.17) is 14.2 Å². The molecule has 0 amide bonds. The van der Waals surface area contributed by atoms with E-state index in [1.165, 1.54) is 0 Å². The van der Waals surface area contributed by atoms with Crippen LogP contribution in [0, 0.1) is 11.5 Å². The predicted molar refractivity (Wildman–Crippen MR) is 104 cm³/mol. The van der Waals surface area contributed by atoms with Crippen molar-refractivity contribution in [3.8, 4) is 28.7 Å². The van der Waals surface area contributed by atoms with Crippen LogP contribution in [-0.4, -0.2) is 29.4 Å². The molecule has 0 aliphatic heterocycles. The van der Waals surface area contributed by atoms with Gasteiger partial charge in [-0.25, -0.2) is 0 Å². The van der Waals surface area contributed by atoms with Crippen molar-refractivity contribution in [1.82, 2.24) is 0 Å². The molecular formula is C20H32O3Si. The minimum absolute atomic E-state index is 0.587. The quantitative estimate of drug-likeness (QED) is 0.517. The first-order valence-electron chi connectivity index (χ1n) is 8.57. The van der Waals surface area contributed by atoms with Gasteiger partial charge in [-0.2, -0.15) is 0 Å². The fourth-order valence-electron chi connectivity index (χ4n) is 3.76. The van der Waals surface area contributed by atoms with Crippen molar-refractivity contribution in [1.29, 1.82) is 0 Å². The third-order valence-electron chi connectivity index (χ3n) is 4.97. The number of benzene rings is 1. The number of methoxy groups -OCH3 is 3. The van der Waals surface area contributed by atoms with Gasteiger partial charge in [-0.05, 0) is 22.7 Å². The molecule has 0 saturated carbocycles. The molecule has 0 aliphatic rings. The van der Waals surface area contributed by atoms with E-state index in [1.54, 1.807) is 21.3 Å². The fraction of sp³-hybridized carbons (Fsp3) is 0.600. The van der Waals surface area contributed by atoms with E-state index < -0.39 is 8.07 Å². The molecule has 0 N–H and O–H groups in total. The third kappa shape index (κ3) is 3.89. The van der Waals surface area contributed by atoms with Crippen LogP contribution >= 0.6 is 0 Å². The molecule has 0 heterocycles. The van der Waals surface area contributed by atoms with Crippen LogP contribution in [0.4, 0.5) is 0 Å². The molecule has 134 valence electrons. The van der Waals surface area contributed by atoms with Crippen LogP contribution in [0.5, 0.6) is 17.2 Å². The summed E-state index contributed by atoms with van der Waals surface area (Å²) in [6, 6.07) is 3.75. The van der Waals surface area contributed by atoms with Crippen molar-refractivity contribution in [3.05, 3.63) is 17.7 Å². The van der Waals surface area contributed by atoms with Gasteiger partial charge in [-0.1, -0.05) is 47.5 Å². The summed E-state index contributed by atoms with van der Waals surface area (Å²) in [5.74, 6) is 5.47. The summed E-state index contributed by atoms with van der Waals surface area (Å²) in [5.41, 5.74) is 6.31.